The van der Waals surface area contributed by atoms with Crippen LogP contribution in [0.3, 0.4) is 0 Å². The second-order valence-corrected chi connectivity index (χ2v) is 5.42. The van der Waals surface area contributed by atoms with Gasteiger partial charge < -0.3 is 4.90 Å². The summed E-state index contributed by atoms with van der Waals surface area (Å²) in [5, 5.41) is 0. The molecule has 3 nitrogen and oxygen atoms in total. The van der Waals surface area contributed by atoms with E-state index in [0.29, 0.717) is 24.0 Å². The quantitative estimate of drug-likeness (QED) is 0.580. The zero-order valence-corrected chi connectivity index (χ0v) is 10.7. The van der Waals surface area contributed by atoms with Crippen molar-refractivity contribution in [3.63, 3.8) is 0 Å². The van der Waals surface area contributed by atoms with Gasteiger partial charge in [0, 0.05) is 18.6 Å². The number of hydrogen-bond donors (Lipinski definition) is 0. The standard InChI is InChI=1S/C13H22N2O/c1-8-6-12-11(4)14(5)10(3)9(2)13(16)15(12)7-8/h9-12H,1,6-7H2,2-5H3/t9?,10?,11-,12-/m0/s1. The number of rotatable bonds is 0. The molecule has 2 unspecified atom stereocenters. The molecule has 0 N–H and O–H groups in total. The van der Waals surface area contributed by atoms with Crippen LogP contribution in [0.15, 0.2) is 12.2 Å². The molecule has 0 aromatic carbocycles. The molecule has 0 bridgehead atoms. The molecule has 3 heteroatoms. The maximum atomic E-state index is 12.3. The van der Waals surface area contributed by atoms with Crippen molar-refractivity contribution in [1.82, 2.24) is 9.80 Å². The van der Waals surface area contributed by atoms with E-state index in [0.717, 1.165) is 13.0 Å². The second-order valence-electron chi connectivity index (χ2n) is 5.42. The van der Waals surface area contributed by atoms with Crippen LogP contribution in [-0.4, -0.2) is 47.4 Å². The highest BCUT2D eigenvalue weighted by atomic mass is 16.2. The second kappa shape index (κ2) is 3.88. The van der Waals surface area contributed by atoms with E-state index in [1.165, 1.54) is 5.57 Å². The summed E-state index contributed by atoms with van der Waals surface area (Å²) in [5.74, 6) is 0.385. The average Bonchev–Trinajstić information content (AvgIpc) is 2.63. The Hall–Kier alpha value is -0.830. The van der Waals surface area contributed by atoms with Gasteiger partial charge in [0.1, 0.15) is 0 Å². The number of carbonyl (C=O) groups excluding carboxylic acids is 1. The van der Waals surface area contributed by atoms with E-state index in [2.05, 4.69) is 32.4 Å². The summed E-state index contributed by atoms with van der Waals surface area (Å²) >= 11 is 0. The Morgan fingerprint density at radius 3 is 2.50 bits per heavy atom. The Kier molecular flexibility index (Phi) is 2.82. The minimum absolute atomic E-state index is 0.0864. The molecule has 2 aliphatic heterocycles. The van der Waals surface area contributed by atoms with Gasteiger partial charge in [-0.3, -0.25) is 9.69 Å². The van der Waals surface area contributed by atoms with Crippen LogP contribution in [-0.2, 0) is 4.79 Å². The monoisotopic (exact) mass is 222 g/mol. The fourth-order valence-electron chi connectivity index (χ4n) is 2.96. The molecule has 4 atom stereocenters. The van der Waals surface area contributed by atoms with Gasteiger partial charge in [0.05, 0.1) is 12.0 Å². The van der Waals surface area contributed by atoms with Gasteiger partial charge in [0.2, 0.25) is 5.91 Å². The van der Waals surface area contributed by atoms with Crippen molar-refractivity contribution in [3.8, 4) is 0 Å². The van der Waals surface area contributed by atoms with Crippen molar-refractivity contribution >= 4 is 5.91 Å². The first-order valence-corrected chi connectivity index (χ1v) is 6.12. The molecule has 16 heavy (non-hydrogen) atoms. The van der Waals surface area contributed by atoms with Crippen LogP contribution in [0, 0.1) is 5.92 Å². The molecule has 2 rings (SSSR count). The Labute approximate surface area is 98.1 Å². The molecule has 90 valence electrons. The molecule has 1 amide bonds. The normalized spacial score (nSPS) is 41.1. The lowest BCUT2D eigenvalue weighted by Gasteiger charge is -2.33. The predicted octanol–water partition coefficient (Wildman–Crippen LogP) is 1.50. The van der Waals surface area contributed by atoms with Crippen molar-refractivity contribution in [1.29, 1.82) is 0 Å². The van der Waals surface area contributed by atoms with Crippen LogP contribution in [0.25, 0.3) is 0 Å². The molecule has 0 aromatic heterocycles. The van der Waals surface area contributed by atoms with E-state index in [1.807, 2.05) is 11.8 Å². The van der Waals surface area contributed by atoms with Crippen LogP contribution in [0.1, 0.15) is 27.2 Å². The van der Waals surface area contributed by atoms with Gasteiger partial charge in [-0.1, -0.05) is 19.1 Å². The molecular weight excluding hydrogens is 200 g/mol. The first-order valence-electron chi connectivity index (χ1n) is 6.12. The van der Waals surface area contributed by atoms with Gasteiger partial charge in [0.15, 0.2) is 0 Å². The highest BCUT2D eigenvalue weighted by molar-refractivity contribution is 5.80. The number of likely N-dealkylation sites (N-methyl/N-ethyl adjacent to an activating group) is 1. The maximum absolute atomic E-state index is 12.3. The third-order valence-electron chi connectivity index (χ3n) is 4.53. The van der Waals surface area contributed by atoms with E-state index < -0.39 is 0 Å². The number of nitrogens with zero attached hydrogens (tertiary/aromatic N) is 2. The summed E-state index contributed by atoms with van der Waals surface area (Å²) < 4.78 is 0. The molecule has 2 heterocycles. The first-order chi connectivity index (χ1) is 7.43. The number of hydrogen-bond acceptors (Lipinski definition) is 2. The lowest BCUT2D eigenvalue weighted by molar-refractivity contribution is -0.135. The van der Waals surface area contributed by atoms with Gasteiger partial charge in [-0.25, -0.2) is 0 Å². The average molecular weight is 222 g/mol. The van der Waals surface area contributed by atoms with Gasteiger partial charge in [-0.2, -0.15) is 0 Å². The summed E-state index contributed by atoms with van der Waals surface area (Å²) in [4.78, 5) is 16.7. The van der Waals surface area contributed by atoms with Crippen molar-refractivity contribution in [2.45, 2.75) is 45.3 Å². The topological polar surface area (TPSA) is 23.6 Å². The van der Waals surface area contributed by atoms with Crippen LogP contribution in [0.5, 0.6) is 0 Å². The molecule has 0 aliphatic carbocycles. The summed E-state index contributed by atoms with van der Waals surface area (Å²) in [6.45, 7) is 11.2. The van der Waals surface area contributed by atoms with Gasteiger partial charge in [0.25, 0.3) is 0 Å². The van der Waals surface area contributed by atoms with Crippen molar-refractivity contribution < 1.29 is 4.79 Å². The van der Waals surface area contributed by atoms with Crippen LogP contribution in [0.2, 0.25) is 0 Å². The van der Waals surface area contributed by atoms with Gasteiger partial charge >= 0.3 is 0 Å². The SMILES string of the molecule is C=C1C[C@H]2[C@H](C)N(C)C(C)C(C)C(=O)N2C1. The third-order valence-corrected chi connectivity index (χ3v) is 4.53. The number of amides is 1. The lowest BCUT2D eigenvalue weighted by atomic mass is 10.0. The molecule has 0 aromatic rings. The largest absolute Gasteiger partial charge is 0.334 e. The van der Waals surface area contributed by atoms with E-state index in [9.17, 15) is 4.79 Å². The molecule has 2 saturated heterocycles. The number of carbonyl (C=O) groups is 1. The predicted molar refractivity (Wildman–Crippen MR) is 65.1 cm³/mol. The fraction of sp³-hybridized carbons (Fsp3) is 0.769. The van der Waals surface area contributed by atoms with Gasteiger partial charge in [-0.15, -0.1) is 0 Å². The molecule has 0 saturated carbocycles. The minimum atomic E-state index is 0.0864. The molecule has 0 radical (unpaired) electrons. The fourth-order valence-corrected chi connectivity index (χ4v) is 2.96. The third kappa shape index (κ3) is 1.58. The Bertz CT molecular complexity index is 326. The summed E-state index contributed by atoms with van der Waals surface area (Å²) in [7, 11) is 2.13. The molecule has 0 spiro atoms. The van der Waals surface area contributed by atoms with Gasteiger partial charge in [-0.05, 0) is 27.3 Å². The summed E-state index contributed by atoms with van der Waals surface area (Å²) in [5.41, 5.74) is 1.19. The first kappa shape index (κ1) is 11.6. The zero-order valence-electron chi connectivity index (χ0n) is 10.7. The van der Waals surface area contributed by atoms with Crippen molar-refractivity contribution in [2.24, 2.45) is 5.92 Å². The Morgan fingerprint density at radius 2 is 1.88 bits per heavy atom. The van der Waals surface area contributed by atoms with E-state index in [-0.39, 0.29) is 5.92 Å². The van der Waals surface area contributed by atoms with E-state index in [1.54, 1.807) is 0 Å². The maximum Gasteiger partial charge on any atom is 0.227 e. The van der Waals surface area contributed by atoms with E-state index in [4.69, 9.17) is 0 Å². The highest BCUT2D eigenvalue weighted by Crippen LogP contribution is 2.32. The summed E-state index contributed by atoms with van der Waals surface area (Å²) in [6, 6.07) is 1.07. The number of fused-ring (bicyclic) bond motifs is 1. The smallest absolute Gasteiger partial charge is 0.227 e. The highest BCUT2D eigenvalue weighted by Gasteiger charge is 2.43. The Balaban J connectivity index is 2.34. The van der Waals surface area contributed by atoms with Crippen LogP contribution >= 0.6 is 0 Å². The molecule has 2 aliphatic rings. The minimum Gasteiger partial charge on any atom is -0.334 e. The van der Waals surface area contributed by atoms with E-state index >= 15 is 0 Å². The van der Waals surface area contributed by atoms with Crippen molar-refractivity contribution in [3.05, 3.63) is 12.2 Å². The van der Waals surface area contributed by atoms with Crippen molar-refractivity contribution in [2.75, 3.05) is 13.6 Å². The zero-order chi connectivity index (χ0) is 12.0. The Morgan fingerprint density at radius 1 is 1.25 bits per heavy atom. The van der Waals surface area contributed by atoms with Crippen LogP contribution in [0.4, 0.5) is 0 Å². The molecular formula is C13H22N2O. The van der Waals surface area contributed by atoms with Crippen LogP contribution < -0.4 is 0 Å². The summed E-state index contributed by atoms with van der Waals surface area (Å²) in [6.07, 6.45) is 0.969. The lowest BCUT2D eigenvalue weighted by Crippen LogP contribution is -2.45. The molecule has 2 fully saturated rings.